The third kappa shape index (κ3) is 3.25. The van der Waals surface area contributed by atoms with E-state index in [0.717, 1.165) is 31.7 Å². The molecule has 1 atom stereocenters. The minimum absolute atomic E-state index is 0.00340. The fourth-order valence-corrected chi connectivity index (χ4v) is 3.14. The molecule has 2 aliphatic rings. The number of hydrogen-bond donors (Lipinski definition) is 1. The first-order valence-corrected chi connectivity index (χ1v) is 7.55. The third-order valence-electron chi connectivity index (χ3n) is 4.80. The molecule has 2 fully saturated rings. The molecule has 1 amide bonds. The van der Waals surface area contributed by atoms with E-state index in [-0.39, 0.29) is 11.6 Å². The number of carbonyl (C=O) groups excluding carboxylic acids is 1. The Bertz CT molecular complexity index is 297. The zero-order chi connectivity index (χ0) is 13.2. The molecule has 1 saturated heterocycles. The molecule has 1 aliphatic carbocycles. The van der Waals surface area contributed by atoms with E-state index in [9.17, 15) is 4.79 Å². The third-order valence-corrected chi connectivity index (χ3v) is 4.80. The van der Waals surface area contributed by atoms with Gasteiger partial charge in [-0.05, 0) is 45.4 Å². The predicted octanol–water partition coefficient (Wildman–Crippen LogP) is 2.69. The second-order valence-corrected chi connectivity index (χ2v) is 6.80. The van der Waals surface area contributed by atoms with Gasteiger partial charge in [0.05, 0.1) is 0 Å². The van der Waals surface area contributed by atoms with Crippen molar-refractivity contribution in [1.29, 1.82) is 0 Å². The fraction of sp³-hybridized carbons (Fsp3) is 0.933. The van der Waals surface area contributed by atoms with Gasteiger partial charge in [-0.15, -0.1) is 0 Å². The van der Waals surface area contributed by atoms with Crippen LogP contribution in [-0.2, 0) is 4.79 Å². The standard InChI is InChI=1S/C15H28N2O/c1-15(2)10-9-13(16)11-17(15)14(18)8-4-7-12-5-3-6-12/h12-13H,3-11,16H2,1-2H3. The van der Waals surface area contributed by atoms with Gasteiger partial charge in [0.25, 0.3) is 0 Å². The molecule has 3 nitrogen and oxygen atoms in total. The number of hydrogen-bond acceptors (Lipinski definition) is 2. The maximum Gasteiger partial charge on any atom is 0.223 e. The maximum absolute atomic E-state index is 12.3. The Kier molecular flexibility index (Phi) is 4.31. The predicted molar refractivity (Wildman–Crippen MR) is 74.2 cm³/mol. The second-order valence-electron chi connectivity index (χ2n) is 6.80. The first kappa shape index (κ1) is 13.9. The van der Waals surface area contributed by atoms with E-state index in [1.54, 1.807) is 0 Å². The van der Waals surface area contributed by atoms with E-state index in [1.165, 1.54) is 25.7 Å². The highest BCUT2D eigenvalue weighted by Crippen LogP contribution is 2.32. The Morgan fingerprint density at radius 3 is 2.67 bits per heavy atom. The first-order chi connectivity index (χ1) is 8.49. The Hall–Kier alpha value is -0.570. The highest BCUT2D eigenvalue weighted by Gasteiger charge is 2.35. The van der Waals surface area contributed by atoms with Crippen molar-refractivity contribution in [2.24, 2.45) is 11.7 Å². The molecular weight excluding hydrogens is 224 g/mol. The van der Waals surface area contributed by atoms with Gasteiger partial charge < -0.3 is 10.6 Å². The summed E-state index contributed by atoms with van der Waals surface area (Å²) in [5.41, 5.74) is 6.00. The highest BCUT2D eigenvalue weighted by atomic mass is 16.2. The summed E-state index contributed by atoms with van der Waals surface area (Å²) in [6.07, 6.45) is 9.25. The molecule has 1 aliphatic heterocycles. The van der Waals surface area contributed by atoms with Crippen molar-refractivity contribution in [2.75, 3.05) is 6.54 Å². The second kappa shape index (κ2) is 5.60. The van der Waals surface area contributed by atoms with Crippen LogP contribution in [0.4, 0.5) is 0 Å². The van der Waals surface area contributed by atoms with Crippen LogP contribution < -0.4 is 5.73 Å². The Morgan fingerprint density at radius 2 is 2.06 bits per heavy atom. The average Bonchev–Trinajstić information content (AvgIpc) is 2.25. The molecular formula is C15H28N2O. The van der Waals surface area contributed by atoms with Crippen LogP contribution in [0.1, 0.15) is 65.2 Å². The number of likely N-dealkylation sites (tertiary alicyclic amines) is 1. The summed E-state index contributed by atoms with van der Waals surface area (Å²) in [7, 11) is 0. The molecule has 1 heterocycles. The van der Waals surface area contributed by atoms with Crippen molar-refractivity contribution in [1.82, 2.24) is 4.90 Å². The first-order valence-electron chi connectivity index (χ1n) is 7.55. The molecule has 0 aromatic rings. The minimum atomic E-state index is 0.00340. The Morgan fingerprint density at radius 1 is 1.33 bits per heavy atom. The number of rotatable bonds is 4. The summed E-state index contributed by atoms with van der Waals surface area (Å²) in [5, 5.41) is 0. The van der Waals surface area contributed by atoms with E-state index in [4.69, 9.17) is 5.73 Å². The Balaban J connectivity index is 1.78. The van der Waals surface area contributed by atoms with Crippen LogP contribution in [0, 0.1) is 5.92 Å². The highest BCUT2D eigenvalue weighted by molar-refractivity contribution is 5.77. The fourth-order valence-electron chi connectivity index (χ4n) is 3.14. The molecule has 0 radical (unpaired) electrons. The molecule has 3 heteroatoms. The molecule has 0 aromatic heterocycles. The van der Waals surface area contributed by atoms with Crippen LogP contribution >= 0.6 is 0 Å². The summed E-state index contributed by atoms with van der Waals surface area (Å²) in [6, 6.07) is 0.175. The van der Waals surface area contributed by atoms with Crippen LogP contribution in [-0.4, -0.2) is 28.9 Å². The lowest BCUT2D eigenvalue weighted by Crippen LogP contribution is -2.56. The smallest absolute Gasteiger partial charge is 0.223 e. The van der Waals surface area contributed by atoms with Gasteiger partial charge in [-0.3, -0.25) is 4.79 Å². The summed E-state index contributed by atoms with van der Waals surface area (Å²) in [6.45, 7) is 5.08. The van der Waals surface area contributed by atoms with Crippen molar-refractivity contribution < 1.29 is 4.79 Å². The molecule has 2 rings (SSSR count). The van der Waals surface area contributed by atoms with Crippen LogP contribution in [0.15, 0.2) is 0 Å². The number of carbonyl (C=O) groups is 1. The van der Waals surface area contributed by atoms with E-state index >= 15 is 0 Å². The summed E-state index contributed by atoms with van der Waals surface area (Å²) in [5.74, 6) is 1.23. The van der Waals surface area contributed by atoms with E-state index in [2.05, 4.69) is 13.8 Å². The maximum atomic E-state index is 12.3. The molecule has 1 unspecified atom stereocenters. The monoisotopic (exact) mass is 252 g/mol. The van der Waals surface area contributed by atoms with Gasteiger partial charge in [0, 0.05) is 24.5 Å². The van der Waals surface area contributed by atoms with Gasteiger partial charge in [-0.1, -0.05) is 19.3 Å². The minimum Gasteiger partial charge on any atom is -0.336 e. The van der Waals surface area contributed by atoms with Crippen molar-refractivity contribution in [3.63, 3.8) is 0 Å². The summed E-state index contributed by atoms with van der Waals surface area (Å²) in [4.78, 5) is 14.3. The van der Waals surface area contributed by atoms with Gasteiger partial charge in [0.15, 0.2) is 0 Å². The lowest BCUT2D eigenvalue weighted by molar-refractivity contribution is -0.139. The van der Waals surface area contributed by atoms with Crippen LogP contribution in [0.2, 0.25) is 0 Å². The van der Waals surface area contributed by atoms with Crippen molar-refractivity contribution >= 4 is 5.91 Å². The van der Waals surface area contributed by atoms with Gasteiger partial charge in [-0.2, -0.15) is 0 Å². The summed E-state index contributed by atoms with van der Waals surface area (Å²) < 4.78 is 0. The number of nitrogens with zero attached hydrogens (tertiary/aromatic N) is 1. The quantitative estimate of drug-likeness (QED) is 0.836. The van der Waals surface area contributed by atoms with Crippen molar-refractivity contribution in [2.45, 2.75) is 76.8 Å². The van der Waals surface area contributed by atoms with Gasteiger partial charge >= 0.3 is 0 Å². The van der Waals surface area contributed by atoms with E-state index < -0.39 is 0 Å². The van der Waals surface area contributed by atoms with Crippen molar-refractivity contribution in [3.05, 3.63) is 0 Å². The molecule has 104 valence electrons. The largest absolute Gasteiger partial charge is 0.336 e. The lowest BCUT2D eigenvalue weighted by Gasteiger charge is -2.45. The van der Waals surface area contributed by atoms with Gasteiger partial charge in [-0.25, -0.2) is 0 Å². The molecule has 0 bridgehead atoms. The number of nitrogens with two attached hydrogens (primary N) is 1. The van der Waals surface area contributed by atoms with Crippen LogP contribution in [0.5, 0.6) is 0 Å². The molecule has 18 heavy (non-hydrogen) atoms. The number of piperidine rings is 1. The van der Waals surface area contributed by atoms with E-state index in [1.807, 2.05) is 4.90 Å². The molecule has 2 N–H and O–H groups in total. The van der Waals surface area contributed by atoms with E-state index in [0.29, 0.717) is 12.3 Å². The number of amides is 1. The molecule has 0 spiro atoms. The SMILES string of the molecule is CC1(C)CCC(N)CN1C(=O)CCCC1CCC1. The average molecular weight is 252 g/mol. The zero-order valence-corrected chi connectivity index (χ0v) is 12.0. The van der Waals surface area contributed by atoms with Crippen molar-refractivity contribution in [3.8, 4) is 0 Å². The molecule has 1 saturated carbocycles. The lowest BCUT2D eigenvalue weighted by atomic mass is 9.81. The van der Waals surface area contributed by atoms with Crippen LogP contribution in [0.3, 0.4) is 0 Å². The van der Waals surface area contributed by atoms with Crippen LogP contribution in [0.25, 0.3) is 0 Å². The van der Waals surface area contributed by atoms with Gasteiger partial charge in [0.1, 0.15) is 0 Å². The normalized spacial score (nSPS) is 27.9. The zero-order valence-electron chi connectivity index (χ0n) is 12.0. The van der Waals surface area contributed by atoms with Gasteiger partial charge in [0.2, 0.25) is 5.91 Å². The topological polar surface area (TPSA) is 46.3 Å². The Labute approximate surface area is 111 Å². The molecule has 0 aromatic carbocycles. The summed E-state index contributed by atoms with van der Waals surface area (Å²) >= 11 is 0.